The zero-order valence-corrected chi connectivity index (χ0v) is 15.4. The molecule has 4 atom stereocenters. The molecule has 3 heterocycles. The molecular weight excluding hydrogens is 368 g/mol. The van der Waals surface area contributed by atoms with Gasteiger partial charge in [0, 0.05) is 25.4 Å². The van der Waals surface area contributed by atoms with E-state index < -0.39 is 6.10 Å². The van der Waals surface area contributed by atoms with Crippen LogP contribution in [-0.4, -0.2) is 52.4 Å². The van der Waals surface area contributed by atoms with Gasteiger partial charge in [-0.15, -0.1) is 0 Å². The fraction of sp³-hybridized carbons (Fsp3) is 0.474. The molecule has 0 bridgehead atoms. The highest BCUT2D eigenvalue weighted by Gasteiger charge is 2.44. The lowest BCUT2D eigenvalue weighted by Crippen LogP contribution is -2.42. The number of aliphatic hydroxyl groups excluding tert-OH is 1. The number of aromatic nitrogens is 1. The van der Waals surface area contributed by atoms with Crippen LogP contribution in [0.1, 0.15) is 22.5 Å². The molecule has 0 unspecified atom stereocenters. The van der Waals surface area contributed by atoms with E-state index in [9.17, 15) is 9.90 Å². The molecule has 1 aromatic heterocycles. The molecular formula is C19H20N2O5S. The number of rotatable bonds is 3. The number of hydrogen-bond acceptors (Lipinski definition) is 7. The molecule has 2 aliphatic heterocycles. The van der Waals surface area contributed by atoms with Crippen molar-refractivity contribution in [1.29, 1.82) is 0 Å². The standard InChI is InChI=1S/C19H20N2O5S/c22-14-5-11-8-21(19(23)18-3-4-20-27-18)9-12(11)6-16(14)26-13-1-2-15-17(7-13)25-10-24-15/h1-4,7,11-12,14,16,22H,5-6,8-10H2/t11-,12+,14+,16+/m0/s1. The highest BCUT2D eigenvalue weighted by atomic mass is 32.1. The van der Waals surface area contributed by atoms with Crippen LogP contribution >= 0.6 is 11.5 Å². The summed E-state index contributed by atoms with van der Waals surface area (Å²) in [4.78, 5) is 15.1. The zero-order valence-electron chi connectivity index (χ0n) is 14.6. The summed E-state index contributed by atoms with van der Waals surface area (Å²) >= 11 is 1.23. The quantitative estimate of drug-likeness (QED) is 0.868. The number of hydrogen-bond donors (Lipinski definition) is 1. The molecule has 2 aromatic rings. The predicted octanol–water partition coefficient (Wildman–Crippen LogP) is 2.16. The van der Waals surface area contributed by atoms with Crippen molar-refractivity contribution in [2.24, 2.45) is 11.8 Å². The number of aliphatic hydroxyl groups is 1. The molecule has 1 saturated heterocycles. The van der Waals surface area contributed by atoms with Gasteiger partial charge in [0.05, 0.1) is 6.10 Å². The third-order valence-electron chi connectivity index (χ3n) is 5.65. The Balaban J connectivity index is 1.26. The Morgan fingerprint density at radius 3 is 2.81 bits per heavy atom. The lowest BCUT2D eigenvalue weighted by molar-refractivity contribution is -0.0232. The maximum atomic E-state index is 12.6. The highest BCUT2D eigenvalue weighted by Crippen LogP contribution is 2.40. The second-order valence-electron chi connectivity index (χ2n) is 7.32. The Bertz CT molecular complexity index is 843. The monoisotopic (exact) mass is 388 g/mol. The number of benzene rings is 1. The number of nitrogens with zero attached hydrogens (tertiary/aromatic N) is 2. The fourth-order valence-corrected chi connectivity index (χ4v) is 4.85. The number of likely N-dealkylation sites (tertiary alicyclic amines) is 1. The number of fused-ring (bicyclic) bond motifs is 2. The van der Waals surface area contributed by atoms with Crippen molar-refractivity contribution in [3.8, 4) is 17.2 Å². The van der Waals surface area contributed by atoms with Gasteiger partial charge in [0.25, 0.3) is 5.91 Å². The van der Waals surface area contributed by atoms with E-state index in [4.69, 9.17) is 14.2 Å². The van der Waals surface area contributed by atoms with Crippen LogP contribution in [0.2, 0.25) is 0 Å². The lowest BCUT2D eigenvalue weighted by atomic mass is 9.78. The molecule has 2 fully saturated rings. The third-order valence-corrected chi connectivity index (χ3v) is 6.39. The van der Waals surface area contributed by atoms with Crippen LogP contribution in [0.5, 0.6) is 17.2 Å². The first kappa shape index (κ1) is 16.8. The minimum absolute atomic E-state index is 0.0367. The van der Waals surface area contributed by atoms with E-state index >= 15 is 0 Å². The SMILES string of the molecule is O=C(c1ccns1)N1C[C@H]2C[C@@H](Oc3ccc4c(c3)OCO4)[C@H](O)C[C@H]2C1. The highest BCUT2D eigenvalue weighted by molar-refractivity contribution is 7.08. The second kappa shape index (κ2) is 6.69. The van der Waals surface area contributed by atoms with Crippen molar-refractivity contribution >= 4 is 17.4 Å². The van der Waals surface area contributed by atoms with E-state index in [1.807, 2.05) is 17.0 Å². The summed E-state index contributed by atoms with van der Waals surface area (Å²) in [6.07, 6.45) is 2.19. The summed E-state index contributed by atoms with van der Waals surface area (Å²) < 4.78 is 20.8. The average Bonchev–Trinajstić information content (AvgIpc) is 3.41. The van der Waals surface area contributed by atoms with Gasteiger partial charge in [0.1, 0.15) is 16.7 Å². The maximum absolute atomic E-state index is 12.6. The van der Waals surface area contributed by atoms with E-state index in [0.717, 1.165) is 6.42 Å². The Morgan fingerprint density at radius 1 is 1.19 bits per heavy atom. The smallest absolute Gasteiger partial charge is 0.265 e. The van der Waals surface area contributed by atoms with Gasteiger partial charge in [-0.05, 0) is 54.4 Å². The van der Waals surface area contributed by atoms with Crippen molar-refractivity contribution in [3.05, 3.63) is 35.3 Å². The number of carbonyl (C=O) groups is 1. The molecule has 5 rings (SSSR count). The molecule has 3 aliphatic rings. The Hall–Kier alpha value is -2.32. The predicted molar refractivity (Wildman–Crippen MR) is 97.2 cm³/mol. The normalized spacial score (nSPS) is 28.9. The van der Waals surface area contributed by atoms with Crippen molar-refractivity contribution in [3.63, 3.8) is 0 Å². The van der Waals surface area contributed by atoms with E-state index in [-0.39, 0.29) is 18.8 Å². The molecule has 1 aliphatic carbocycles. The molecule has 1 amide bonds. The average molecular weight is 388 g/mol. The maximum Gasteiger partial charge on any atom is 0.265 e. The third kappa shape index (κ3) is 3.12. The number of carbonyl (C=O) groups excluding carboxylic acids is 1. The summed E-state index contributed by atoms with van der Waals surface area (Å²) in [5, 5.41) is 10.6. The zero-order chi connectivity index (χ0) is 18.4. The Kier molecular flexibility index (Phi) is 4.17. The van der Waals surface area contributed by atoms with Gasteiger partial charge in [0.15, 0.2) is 11.5 Å². The van der Waals surface area contributed by atoms with Crippen LogP contribution in [0.25, 0.3) is 0 Å². The van der Waals surface area contributed by atoms with Gasteiger partial charge in [-0.3, -0.25) is 4.79 Å². The van der Waals surface area contributed by atoms with Crippen LogP contribution in [0.15, 0.2) is 30.5 Å². The van der Waals surface area contributed by atoms with Gasteiger partial charge < -0.3 is 24.2 Å². The van der Waals surface area contributed by atoms with E-state index in [1.165, 1.54) is 11.5 Å². The number of ether oxygens (including phenoxy) is 3. The molecule has 0 radical (unpaired) electrons. The minimum atomic E-state index is -0.546. The first-order valence-electron chi connectivity index (χ1n) is 9.11. The van der Waals surface area contributed by atoms with E-state index in [1.54, 1.807) is 18.3 Å². The molecule has 0 spiro atoms. The largest absolute Gasteiger partial charge is 0.488 e. The van der Waals surface area contributed by atoms with Crippen molar-refractivity contribution in [2.75, 3.05) is 19.9 Å². The summed E-state index contributed by atoms with van der Waals surface area (Å²) in [5.74, 6) is 2.72. The summed E-state index contributed by atoms with van der Waals surface area (Å²) in [7, 11) is 0. The molecule has 142 valence electrons. The van der Waals surface area contributed by atoms with Crippen LogP contribution in [-0.2, 0) is 0 Å². The van der Waals surface area contributed by atoms with E-state index in [2.05, 4.69) is 4.37 Å². The summed E-state index contributed by atoms with van der Waals surface area (Å²) in [6, 6.07) is 7.21. The van der Waals surface area contributed by atoms with Crippen molar-refractivity contribution in [1.82, 2.24) is 9.27 Å². The summed E-state index contributed by atoms with van der Waals surface area (Å²) in [6.45, 7) is 1.61. The molecule has 8 heteroatoms. The minimum Gasteiger partial charge on any atom is -0.488 e. The molecule has 7 nitrogen and oxygen atoms in total. The first-order valence-corrected chi connectivity index (χ1v) is 9.89. The van der Waals surface area contributed by atoms with Gasteiger partial charge >= 0.3 is 0 Å². The molecule has 1 N–H and O–H groups in total. The number of amides is 1. The van der Waals surface area contributed by atoms with Gasteiger partial charge in [-0.2, -0.15) is 0 Å². The molecule has 27 heavy (non-hydrogen) atoms. The van der Waals surface area contributed by atoms with Crippen LogP contribution in [0, 0.1) is 11.8 Å². The second-order valence-corrected chi connectivity index (χ2v) is 8.15. The van der Waals surface area contributed by atoms with Crippen LogP contribution in [0.4, 0.5) is 0 Å². The van der Waals surface area contributed by atoms with Crippen molar-refractivity contribution < 1.29 is 24.1 Å². The van der Waals surface area contributed by atoms with E-state index in [0.29, 0.717) is 53.5 Å². The Labute approximate surface area is 160 Å². The summed E-state index contributed by atoms with van der Waals surface area (Å²) in [5.41, 5.74) is 0. The Morgan fingerprint density at radius 2 is 2.00 bits per heavy atom. The van der Waals surface area contributed by atoms with Crippen LogP contribution in [0.3, 0.4) is 0 Å². The van der Waals surface area contributed by atoms with Gasteiger partial charge in [-0.25, -0.2) is 4.37 Å². The van der Waals surface area contributed by atoms with Gasteiger partial charge in [-0.1, -0.05) is 0 Å². The first-order chi connectivity index (χ1) is 13.2. The van der Waals surface area contributed by atoms with Gasteiger partial charge in [0.2, 0.25) is 6.79 Å². The van der Waals surface area contributed by atoms with Crippen molar-refractivity contribution in [2.45, 2.75) is 25.0 Å². The topological polar surface area (TPSA) is 81.1 Å². The fourth-order valence-electron chi connectivity index (χ4n) is 4.29. The molecule has 1 aromatic carbocycles. The lowest BCUT2D eigenvalue weighted by Gasteiger charge is -2.35. The van der Waals surface area contributed by atoms with Crippen LogP contribution < -0.4 is 14.2 Å². The molecule has 1 saturated carbocycles.